The number of hydrogen-bond acceptors (Lipinski definition) is 1. The maximum atomic E-state index is 2.84. The molecule has 512 valence electrons. The van der Waals surface area contributed by atoms with Crippen molar-refractivity contribution in [1.29, 1.82) is 0 Å². The zero-order chi connectivity index (χ0) is 67.7. The molecule has 0 amide bonds. The van der Waals surface area contributed by atoms with Crippen LogP contribution in [0.15, 0.2) is 188 Å². The van der Waals surface area contributed by atoms with Gasteiger partial charge in [-0.1, -0.05) is 322 Å². The highest BCUT2D eigenvalue weighted by Crippen LogP contribution is 2.62. The Morgan fingerprint density at radius 1 is 0.286 bits per heavy atom. The second-order valence-corrected chi connectivity index (χ2v) is 30.3. The normalized spacial score (nSPS) is 13.3. The number of para-hydroxylation sites is 1. The summed E-state index contributed by atoms with van der Waals surface area (Å²) in [6.07, 6.45) is 43.1. The average Bonchev–Trinajstić information content (AvgIpc) is 1.53. The van der Waals surface area contributed by atoms with Crippen molar-refractivity contribution in [1.82, 2.24) is 4.57 Å². The van der Waals surface area contributed by atoms with Crippen molar-refractivity contribution in [2.45, 2.75) is 271 Å². The minimum atomic E-state index is -0.0429. The Bertz CT molecular complexity index is 4120. The fraction of sp³-hybridized carbons (Fsp3) is 0.438. The Morgan fingerprint density at radius 2 is 0.663 bits per heavy atom. The maximum Gasteiger partial charge on any atom is 0.0541 e. The number of nitrogens with zero attached hydrogens (tertiary/aromatic N) is 2. The molecule has 0 aliphatic heterocycles. The van der Waals surface area contributed by atoms with Gasteiger partial charge >= 0.3 is 0 Å². The molecule has 0 bridgehead atoms. The van der Waals surface area contributed by atoms with Crippen LogP contribution in [0.5, 0.6) is 0 Å². The van der Waals surface area contributed by atoms with Crippen molar-refractivity contribution in [2.24, 2.45) is 0 Å². The molecule has 0 spiro atoms. The molecule has 2 nitrogen and oxygen atoms in total. The Kier molecular flexibility index (Phi) is 24.5. The largest absolute Gasteiger partial charge is 0.311 e. The quantitative estimate of drug-likeness (QED) is 0.0349. The third-order valence-electron chi connectivity index (χ3n) is 23.2. The van der Waals surface area contributed by atoms with E-state index in [-0.39, 0.29) is 10.8 Å². The van der Waals surface area contributed by atoms with Crippen molar-refractivity contribution >= 4 is 38.9 Å². The van der Waals surface area contributed by atoms with Crippen molar-refractivity contribution in [3.63, 3.8) is 0 Å². The summed E-state index contributed by atoms with van der Waals surface area (Å²) in [6, 6.07) is 74.4. The van der Waals surface area contributed by atoms with Crippen molar-refractivity contribution in [3.8, 4) is 50.2 Å². The molecule has 0 unspecified atom stereocenters. The predicted molar refractivity (Wildman–Crippen MR) is 428 cm³/mol. The van der Waals surface area contributed by atoms with E-state index in [9.17, 15) is 0 Å². The molecule has 2 aliphatic carbocycles. The zero-order valence-corrected chi connectivity index (χ0v) is 61.6. The fourth-order valence-corrected chi connectivity index (χ4v) is 17.7. The van der Waals surface area contributed by atoms with Gasteiger partial charge in [0.05, 0.1) is 11.0 Å². The summed E-state index contributed by atoms with van der Waals surface area (Å²) in [7, 11) is 0. The second-order valence-electron chi connectivity index (χ2n) is 30.3. The lowest BCUT2D eigenvalue weighted by Crippen LogP contribution is -2.27. The Hall–Kier alpha value is -7.42. The summed E-state index contributed by atoms with van der Waals surface area (Å²) in [4.78, 5) is 2.45. The average molecular weight is 1300 g/mol. The topological polar surface area (TPSA) is 8.17 Å². The fourth-order valence-electron chi connectivity index (χ4n) is 17.7. The molecule has 10 aromatic rings. The number of anilines is 3. The van der Waals surface area contributed by atoms with E-state index < -0.39 is 0 Å². The monoisotopic (exact) mass is 1300 g/mol. The van der Waals surface area contributed by atoms with Crippen LogP contribution in [0.25, 0.3) is 72.0 Å². The van der Waals surface area contributed by atoms with Gasteiger partial charge in [0.15, 0.2) is 0 Å². The number of benzene rings is 9. The van der Waals surface area contributed by atoms with Crippen LogP contribution in [0.1, 0.15) is 279 Å². The van der Waals surface area contributed by atoms with Gasteiger partial charge in [-0.3, -0.25) is 0 Å². The van der Waals surface area contributed by atoms with Gasteiger partial charge in [0.1, 0.15) is 0 Å². The molecule has 0 saturated heterocycles. The van der Waals surface area contributed by atoms with E-state index in [0.717, 1.165) is 23.5 Å². The van der Waals surface area contributed by atoms with Crippen LogP contribution >= 0.6 is 0 Å². The van der Waals surface area contributed by atoms with Gasteiger partial charge < -0.3 is 9.47 Å². The molecule has 0 N–H and O–H groups in total. The van der Waals surface area contributed by atoms with Gasteiger partial charge in [-0.25, -0.2) is 0 Å². The highest BCUT2D eigenvalue weighted by atomic mass is 15.1. The summed E-state index contributed by atoms with van der Waals surface area (Å²) in [5, 5.41) is 2.57. The number of aryl methyl sites for hydroxylation is 3. The third kappa shape index (κ3) is 15.6. The van der Waals surface area contributed by atoms with Crippen LogP contribution in [-0.4, -0.2) is 4.57 Å². The van der Waals surface area contributed by atoms with E-state index >= 15 is 0 Å². The maximum absolute atomic E-state index is 2.84. The summed E-state index contributed by atoms with van der Waals surface area (Å²) in [5.74, 6) is 0. The number of aromatic nitrogens is 1. The molecule has 2 heteroatoms. The van der Waals surface area contributed by atoms with E-state index in [1.165, 1.54) is 283 Å². The molecule has 1 aromatic heterocycles. The smallest absolute Gasteiger partial charge is 0.0541 e. The Morgan fingerprint density at radius 3 is 1.16 bits per heavy atom. The van der Waals surface area contributed by atoms with Crippen molar-refractivity contribution < 1.29 is 0 Å². The minimum absolute atomic E-state index is 0.0427. The Balaban J connectivity index is 0.896. The lowest BCUT2D eigenvalue weighted by Gasteiger charge is -2.35. The molecule has 12 rings (SSSR count). The molecule has 2 aliphatic rings. The number of hydrogen-bond donors (Lipinski definition) is 0. The van der Waals surface area contributed by atoms with Gasteiger partial charge in [-0.05, 0) is 210 Å². The molecule has 0 saturated carbocycles. The lowest BCUT2D eigenvalue weighted by molar-refractivity contribution is 0.394. The molecule has 98 heavy (non-hydrogen) atoms. The molecular formula is C96H118N2. The first-order valence-electron chi connectivity index (χ1n) is 39.9. The third-order valence-corrected chi connectivity index (χ3v) is 23.2. The second kappa shape index (κ2) is 34.1. The van der Waals surface area contributed by atoms with Crippen molar-refractivity contribution in [2.75, 3.05) is 4.90 Å². The van der Waals surface area contributed by atoms with Crippen LogP contribution in [0, 0.1) is 13.8 Å². The van der Waals surface area contributed by atoms with E-state index in [1.54, 1.807) is 33.4 Å². The summed E-state index contributed by atoms with van der Waals surface area (Å²) >= 11 is 0. The standard InChI is InChI=1S/C96H118N2/c1-8-13-18-23-27-34-63-95(64-35-28-24-19-14-9-2)89-67-73(7)43-60-83(89)86-70-92-87(71-91(86)95)84-61-50-78(69-90(84)96(92,65-36-29-25-20-15-10-3)66-37-30-26-21-16-11-4)76-48-58-81(59-49-76)97(79-52-41-72(6)42-53-79)80-56-46-75(47-57-80)77-51-62-94-88(68-77)85-39-32-33-40-93(85)98(94)82-54-44-74(45-55-82)38-31-22-17-12-5/h32-33,39-62,67-71H,8-31,34-38,63-66H2,1-7H3. The van der Waals surface area contributed by atoms with E-state index in [0.29, 0.717) is 0 Å². The van der Waals surface area contributed by atoms with Crippen LogP contribution in [0.3, 0.4) is 0 Å². The molecule has 0 radical (unpaired) electrons. The first kappa shape index (κ1) is 70.4. The van der Waals surface area contributed by atoms with E-state index in [4.69, 9.17) is 0 Å². The molecule has 0 fully saturated rings. The minimum Gasteiger partial charge on any atom is -0.311 e. The van der Waals surface area contributed by atoms with Gasteiger partial charge in [-0.15, -0.1) is 0 Å². The lowest BCUT2D eigenvalue weighted by atomic mass is 9.68. The zero-order valence-electron chi connectivity index (χ0n) is 61.6. The number of unbranched alkanes of at least 4 members (excludes halogenated alkanes) is 23. The summed E-state index contributed by atoms with van der Waals surface area (Å²) in [5.41, 5.74) is 29.0. The first-order valence-corrected chi connectivity index (χ1v) is 39.9. The first-order chi connectivity index (χ1) is 48.2. The van der Waals surface area contributed by atoms with Gasteiger partial charge in [0.2, 0.25) is 0 Å². The highest BCUT2D eigenvalue weighted by Gasteiger charge is 2.48. The SMILES string of the molecule is CCCCCCCCC1(CCCCCCCC)c2cc(C)ccc2-c2cc3c(cc21)-c1ccc(-c2ccc(N(c4ccc(C)cc4)c4ccc(-c5ccc6c(c5)c5ccccc5n6-c5ccc(CCCCCC)cc5)cc4)cc2)cc1C3(CCCCCCCC)CCCCCCCC. The molecular weight excluding hydrogens is 1180 g/mol. The van der Waals surface area contributed by atoms with Crippen LogP contribution in [0.2, 0.25) is 0 Å². The van der Waals surface area contributed by atoms with Gasteiger partial charge in [0.25, 0.3) is 0 Å². The highest BCUT2D eigenvalue weighted by molar-refractivity contribution is 6.10. The summed E-state index contributed by atoms with van der Waals surface area (Å²) < 4.78 is 2.45. The Labute approximate surface area is 593 Å². The van der Waals surface area contributed by atoms with Crippen molar-refractivity contribution in [3.05, 3.63) is 227 Å². The molecule has 0 atom stereocenters. The number of rotatable bonds is 39. The van der Waals surface area contributed by atoms with Crippen LogP contribution in [0.4, 0.5) is 17.1 Å². The summed E-state index contributed by atoms with van der Waals surface area (Å²) in [6.45, 7) is 16.3. The van der Waals surface area contributed by atoms with Gasteiger partial charge in [0, 0.05) is 44.4 Å². The molecule has 1 heterocycles. The van der Waals surface area contributed by atoms with E-state index in [1.807, 2.05) is 0 Å². The molecule has 9 aromatic carbocycles. The van der Waals surface area contributed by atoms with Crippen LogP contribution in [-0.2, 0) is 17.3 Å². The van der Waals surface area contributed by atoms with E-state index in [2.05, 4.69) is 246 Å². The predicted octanol–water partition coefficient (Wildman–Crippen LogP) is 29.9. The number of fused-ring (bicyclic) bond motifs is 9. The van der Waals surface area contributed by atoms with Crippen LogP contribution < -0.4 is 4.90 Å². The van der Waals surface area contributed by atoms with Gasteiger partial charge in [-0.2, -0.15) is 0 Å².